The highest BCUT2D eigenvalue weighted by Gasteiger charge is 2.37. The number of thiazole rings is 1. The molecule has 0 aliphatic rings. The van der Waals surface area contributed by atoms with Crippen molar-refractivity contribution in [3.8, 4) is 0 Å². The lowest BCUT2D eigenvalue weighted by Crippen LogP contribution is -2.10. The van der Waals surface area contributed by atoms with Gasteiger partial charge in [-0.05, 0) is 6.92 Å². The molecule has 9 heteroatoms. The first-order valence-electron chi connectivity index (χ1n) is 3.97. The van der Waals surface area contributed by atoms with E-state index in [0.29, 0.717) is 0 Å². The van der Waals surface area contributed by atoms with E-state index < -0.39 is 28.6 Å². The smallest absolute Gasteiger partial charge is 0.265 e. The molecular formula is C7H8F3NO3S2. The first-order chi connectivity index (χ1) is 7.09. The van der Waals surface area contributed by atoms with Crippen LogP contribution in [0.2, 0.25) is 0 Å². The lowest BCUT2D eigenvalue weighted by molar-refractivity contribution is -0.141. The molecule has 92 valence electrons. The predicted octanol–water partition coefficient (Wildman–Crippen LogP) is 1.95. The second kappa shape index (κ2) is 4.30. The number of alkyl halides is 3. The highest BCUT2D eigenvalue weighted by Crippen LogP contribution is 2.34. The SMILES string of the molecule is Cc1nc(C(F)(F)F)c(COS(C)(=O)=O)s1. The summed E-state index contributed by atoms with van der Waals surface area (Å²) in [6.07, 6.45) is -3.82. The van der Waals surface area contributed by atoms with E-state index in [-0.39, 0.29) is 9.88 Å². The summed E-state index contributed by atoms with van der Waals surface area (Å²) in [6.45, 7) is 0.767. The Kier molecular flexibility index (Phi) is 3.60. The van der Waals surface area contributed by atoms with Crippen molar-refractivity contribution in [1.29, 1.82) is 0 Å². The van der Waals surface area contributed by atoms with Gasteiger partial charge in [0.2, 0.25) is 0 Å². The maximum absolute atomic E-state index is 12.4. The zero-order valence-electron chi connectivity index (χ0n) is 8.33. The molecule has 0 aliphatic carbocycles. The molecule has 0 saturated carbocycles. The van der Waals surface area contributed by atoms with Crippen LogP contribution >= 0.6 is 11.3 Å². The third kappa shape index (κ3) is 3.72. The number of hydrogen-bond acceptors (Lipinski definition) is 5. The summed E-state index contributed by atoms with van der Waals surface area (Å²) in [7, 11) is -3.76. The molecule has 1 aromatic rings. The van der Waals surface area contributed by atoms with Crippen molar-refractivity contribution >= 4 is 21.5 Å². The van der Waals surface area contributed by atoms with Gasteiger partial charge in [-0.1, -0.05) is 0 Å². The van der Waals surface area contributed by atoms with Gasteiger partial charge in [0.05, 0.1) is 16.1 Å². The third-order valence-electron chi connectivity index (χ3n) is 1.48. The van der Waals surface area contributed by atoms with E-state index in [1.165, 1.54) is 6.92 Å². The Morgan fingerprint density at radius 2 is 2.00 bits per heavy atom. The molecule has 0 amide bonds. The second-order valence-corrected chi connectivity index (χ2v) is 5.90. The zero-order valence-corrected chi connectivity index (χ0v) is 9.96. The summed E-state index contributed by atoms with van der Waals surface area (Å²) >= 11 is 0.761. The normalized spacial score (nSPS) is 13.1. The molecule has 0 atom stereocenters. The van der Waals surface area contributed by atoms with Crippen molar-refractivity contribution in [1.82, 2.24) is 4.98 Å². The van der Waals surface area contributed by atoms with Gasteiger partial charge in [0.1, 0.15) is 6.61 Å². The standard InChI is InChI=1S/C7H8F3NO3S2/c1-4-11-6(7(8,9)10)5(15-4)3-14-16(2,12)13/h3H2,1-2H3. The first-order valence-corrected chi connectivity index (χ1v) is 6.61. The minimum Gasteiger partial charge on any atom is -0.265 e. The quantitative estimate of drug-likeness (QED) is 0.791. The summed E-state index contributed by atoms with van der Waals surface area (Å²) in [5, 5.41) is 0.208. The molecule has 16 heavy (non-hydrogen) atoms. The largest absolute Gasteiger partial charge is 0.434 e. The van der Waals surface area contributed by atoms with Crippen molar-refractivity contribution in [2.24, 2.45) is 0 Å². The van der Waals surface area contributed by atoms with Gasteiger partial charge in [-0.3, -0.25) is 4.18 Å². The molecule has 1 heterocycles. The van der Waals surface area contributed by atoms with Gasteiger partial charge in [0.15, 0.2) is 5.69 Å². The minimum atomic E-state index is -4.60. The molecule has 1 rings (SSSR count). The Morgan fingerprint density at radius 3 is 2.44 bits per heavy atom. The maximum Gasteiger partial charge on any atom is 0.434 e. The monoisotopic (exact) mass is 275 g/mol. The first kappa shape index (κ1) is 13.4. The molecule has 4 nitrogen and oxygen atoms in total. The van der Waals surface area contributed by atoms with Crippen LogP contribution in [-0.2, 0) is 27.1 Å². The molecule has 0 N–H and O–H groups in total. The van der Waals surface area contributed by atoms with E-state index in [0.717, 1.165) is 17.6 Å². The number of nitrogens with zero attached hydrogens (tertiary/aromatic N) is 1. The van der Waals surface area contributed by atoms with Crippen LogP contribution in [0.3, 0.4) is 0 Å². The van der Waals surface area contributed by atoms with Gasteiger partial charge in [0, 0.05) is 0 Å². The van der Waals surface area contributed by atoms with E-state index in [1.54, 1.807) is 0 Å². The lowest BCUT2D eigenvalue weighted by Gasteiger charge is -2.05. The molecule has 0 aromatic carbocycles. The van der Waals surface area contributed by atoms with Gasteiger partial charge >= 0.3 is 6.18 Å². The average molecular weight is 275 g/mol. The van der Waals surface area contributed by atoms with E-state index in [2.05, 4.69) is 9.17 Å². The van der Waals surface area contributed by atoms with Crippen molar-refractivity contribution < 1.29 is 25.8 Å². The summed E-state index contributed by atoms with van der Waals surface area (Å²) in [5.41, 5.74) is -1.08. The van der Waals surface area contributed by atoms with Crippen molar-refractivity contribution in [3.05, 3.63) is 15.6 Å². The fourth-order valence-corrected chi connectivity index (χ4v) is 2.23. The molecular weight excluding hydrogens is 267 g/mol. The Hall–Kier alpha value is -0.670. The highest BCUT2D eigenvalue weighted by atomic mass is 32.2. The van der Waals surface area contributed by atoms with Crippen LogP contribution in [0.25, 0.3) is 0 Å². The van der Waals surface area contributed by atoms with Crippen LogP contribution in [0.4, 0.5) is 13.2 Å². The Morgan fingerprint density at radius 1 is 1.44 bits per heavy atom. The highest BCUT2D eigenvalue weighted by molar-refractivity contribution is 7.85. The van der Waals surface area contributed by atoms with Gasteiger partial charge < -0.3 is 0 Å². The number of aromatic nitrogens is 1. The Balaban J connectivity index is 2.96. The van der Waals surface area contributed by atoms with Crippen LogP contribution < -0.4 is 0 Å². The van der Waals surface area contributed by atoms with Gasteiger partial charge in [-0.25, -0.2) is 4.98 Å². The van der Waals surface area contributed by atoms with E-state index in [4.69, 9.17) is 0 Å². The van der Waals surface area contributed by atoms with Crippen molar-refractivity contribution in [2.45, 2.75) is 19.7 Å². The Bertz CT molecular complexity index is 478. The van der Waals surface area contributed by atoms with Crippen LogP contribution in [0.5, 0.6) is 0 Å². The molecule has 0 radical (unpaired) electrons. The molecule has 1 aromatic heterocycles. The second-order valence-electron chi connectivity index (χ2n) is 2.97. The fourth-order valence-electron chi connectivity index (χ4n) is 0.949. The van der Waals surface area contributed by atoms with Crippen molar-refractivity contribution in [3.63, 3.8) is 0 Å². The number of halogens is 3. The minimum absolute atomic E-state index is 0.208. The predicted molar refractivity (Wildman–Crippen MR) is 51.5 cm³/mol. The average Bonchev–Trinajstić information content (AvgIpc) is 2.41. The molecule has 0 aliphatic heterocycles. The van der Waals surface area contributed by atoms with Crippen LogP contribution in [-0.4, -0.2) is 19.7 Å². The molecule has 0 spiro atoms. The van der Waals surface area contributed by atoms with E-state index in [9.17, 15) is 21.6 Å². The summed E-state index contributed by atoms with van der Waals surface area (Å²) in [6, 6.07) is 0. The molecule has 0 unspecified atom stereocenters. The van der Waals surface area contributed by atoms with Gasteiger partial charge in [-0.2, -0.15) is 21.6 Å². The van der Waals surface area contributed by atoms with Crippen LogP contribution in [0, 0.1) is 6.92 Å². The Labute approximate surface area is 94.2 Å². The number of hydrogen-bond donors (Lipinski definition) is 0. The maximum atomic E-state index is 12.4. The molecule has 0 saturated heterocycles. The van der Waals surface area contributed by atoms with Crippen molar-refractivity contribution in [2.75, 3.05) is 6.26 Å². The molecule has 0 fully saturated rings. The van der Waals surface area contributed by atoms with E-state index in [1.807, 2.05) is 0 Å². The summed E-state index contributed by atoms with van der Waals surface area (Å²) in [4.78, 5) is 3.06. The summed E-state index contributed by atoms with van der Waals surface area (Å²) < 4.78 is 62.9. The van der Waals surface area contributed by atoms with Gasteiger partial charge in [-0.15, -0.1) is 11.3 Å². The summed E-state index contributed by atoms with van der Waals surface area (Å²) in [5.74, 6) is 0. The van der Waals surface area contributed by atoms with Crippen LogP contribution in [0.15, 0.2) is 0 Å². The number of aryl methyl sites for hydroxylation is 1. The zero-order chi connectivity index (χ0) is 12.6. The van der Waals surface area contributed by atoms with Crippen LogP contribution in [0.1, 0.15) is 15.6 Å². The lowest BCUT2D eigenvalue weighted by atomic mass is 10.3. The van der Waals surface area contributed by atoms with Gasteiger partial charge in [0.25, 0.3) is 10.1 Å². The third-order valence-corrected chi connectivity index (χ3v) is 2.97. The molecule has 0 bridgehead atoms. The topological polar surface area (TPSA) is 56.3 Å². The number of rotatable bonds is 3. The fraction of sp³-hybridized carbons (Fsp3) is 0.571. The van der Waals surface area contributed by atoms with E-state index >= 15 is 0 Å².